The summed E-state index contributed by atoms with van der Waals surface area (Å²) in [6.45, 7) is 2.14. The van der Waals surface area contributed by atoms with Crippen LogP contribution in [0.5, 0.6) is 0 Å². The van der Waals surface area contributed by atoms with Gasteiger partial charge in [0.1, 0.15) is 0 Å². The number of nitrogens with zero attached hydrogens (tertiary/aromatic N) is 1. The van der Waals surface area contributed by atoms with E-state index in [1.807, 2.05) is 47.5 Å². The van der Waals surface area contributed by atoms with Crippen molar-refractivity contribution in [2.75, 3.05) is 0 Å². The fourth-order valence-corrected chi connectivity index (χ4v) is 2.22. The first-order chi connectivity index (χ1) is 8.75. The quantitative estimate of drug-likeness (QED) is 0.762. The molecule has 1 heterocycles. The zero-order valence-electron chi connectivity index (χ0n) is 10.1. The summed E-state index contributed by atoms with van der Waals surface area (Å²) in [4.78, 5) is 5.65. The highest BCUT2D eigenvalue weighted by molar-refractivity contribution is 6.30. The van der Waals surface area contributed by atoms with E-state index < -0.39 is 0 Å². The van der Waals surface area contributed by atoms with Gasteiger partial charge in [-0.2, -0.15) is 0 Å². The Hall–Kier alpha value is -1.35. The van der Waals surface area contributed by atoms with Crippen LogP contribution in [0, 0.1) is 0 Å². The molecule has 0 amide bonds. The number of halogens is 1. The lowest BCUT2D eigenvalue weighted by Crippen LogP contribution is -2.05. The lowest BCUT2D eigenvalue weighted by Gasteiger charge is -2.10. The number of hydrogen-bond donors (Lipinski definition) is 0. The predicted molar refractivity (Wildman–Crippen MR) is 72.0 cm³/mol. The topological polar surface area (TPSA) is 15.5 Å². The molecular weight excluding hydrogens is 246 g/mol. The minimum atomic E-state index is 0.0532. The van der Waals surface area contributed by atoms with Gasteiger partial charge in [0.2, 0.25) is 0 Å². The second-order valence-electron chi connectivity index (χ2n) is 4.46. The van der Waals surface area contributed by atoms with E-state index in [-0.39, 0.29) is 12.3 Å². The Balaban J connectivity index is 1.72. The molecule has 0 aliphatic carbocycles. The molecular formula is C15H14ClNO. The molecule has 3 rings (SSSR count). The lowest BCUT2D eigenvalue weighted by atomic mass is 10.1. The normalized spacial score (nSPS) is 23.7. The van der Waals surface area contributed by atoms with Crippen LogP contribution in [0.1, 0.15) is 30.3 Å². The number of hydroxylamine groups is 2. The Morgan fingerprint density at radius 1 is 1.06 bits per heavy atom. The molecule has 92 valence electrons. The second kappa shape index (κ2) is 4.73. The largest absolute Gasteiger partial charge is 0.269 e. The fraction of sp³-hybridized carbons (Fsp3) is 0.200. The Kier molecular flexibility index (Phi) is 3.08. The molecule has 1 fully saturated rings. The van der Waals surface area contributed by atoms with Crippen LogP contribution in [0.2, 0.25) is 5.02 Å². The molecule has 2 aromatic carbocycles. The van der Waals surface area contributed by atoms with Crippen LogP contribution in [-0.4, -0.2) is 5.06 Å². The molecule has 0 radical (unpaired) electrons. The van der Waals surface area contributed by atoms with E-state index in [0.29, 0.717) is 0 Å². The molecule has 2 nitrogen and oxygen atoms in total. The SMILES string of the molecule is C[C@@H](c1ccccc1)N1O[C@H]1c1ccc(Cl)cc1. The monoisotopic (exact) mass is 259 g/mol. The second-order valence-corrected chi connectivity index (χ2v) is 4.89. The summed E-state index contributed by atoms with van der Waals surface area (Å²) >= 11 is 5.88. The van der Waals surface area contributed by atoms with Crippen LogP contribution in [0.25, 0.3) is 0 Å². The third-order valence-corrected chi connectivity index (χ3v) is 3.48. The number of benzene rings is 2. The van der Waals surface area contributed by atoms with Gasteiger partial charge < -0.3 is 0 Å². The Bertz CT molecular complexity index is 526. The molecule has 0 N–H and O–H groups in total. The van der Waals surface area contributed by atoms with Crippen molar-refractivity contribution in [1.82, 2.24) is 5.06 Å². The Morgan fingerprint density at radius 3 is 2.39 bits per heavy atom. The van der Waals surface area contributed by atoms with E-state index >= 15 is 0 Å². The fourth-order valence-electron chi connectivity index (χ4n) is 2.10. The van der Waals surface area contributed by atoms with Gasteiger partial charge in [0.25, 0.3) is 0 Å². The standard InChI is InChI=1S/C15H14ClNO/c1-11(12-5-3-2-4-6-12)17-15(18-17)13-7-9-14(16)10-8-13/h2-11,15H,1H3/t11-,15-,17?/m0/s1. The van der Waals surface area contributed by atoms with Gasteiger partial charge in [-0.15, -0.1) is 5.06 Å². The Morgan fingerprint density at radius 2 is 1.72 bits per heavy atom. The summed E-state index contributed by atoms with van der Waals surface area (Å²) in [5.74, 6) is 0. The lowest BCUT2D eigenvalue weighted by molar-refractivity contribution is 0.155. The average Bonchev–Trinajstić information content (AvgIpc) is 3.20. The van der Waals surface area contributed by atoms with Gasteiger partial charge in [0.05, 0.1) is 6.04 Å². The molecule has 0 aromatic heterocycles. The maximum Gasteiger partial charge on any atom is 0.180 e. The third-order valence-electron chi connectivity index (χ3n) is 3.23. The van der Waals surface area contributed by atoms with Crippen molar-refractivity contribution in [2.24, 2.45) is 0 Å². The van der Waals surface area contributed by atoms with Crippen molar-refractivity contribution in [3.63, 3.8) is 0 Å². The highest BCUT2D eigenvalue weighted by atomic mass is 35.5. The van der Waals surface area contributed by atoms with Crippen molar-refractivity contribution in [2.45, 2.75) is 19.2 Å². The van der Waals surface area contributed by atoms with Gasteiger partial charge in [-0.25, -0.2) is 0 Å². The van der Waals surface area contributed by atoms with Crippen LogP contribution in [0.15, 0.2) is 54.6 Å². The zero-order valence-corrected chi connectivity index (χ0v) is 10.8. The summed E-state index contributed by atoms with van der Waals surface area (Å²) < 4.78 is 0. The maximum atomic E-state index is 5.88. The van der Waals surface area contributed by atoms with E-state index in [0.717, 1.165) is 10.6 Å². The van der Waals surface area contributed by atoms with Crippen LogP contribution in [-0.2, 0) is 4.84 Å². The maximum absolute atomic E-state index is 5.88. The number of hydrogen-bond acceptors (Lipinski definition) is 2. The van der Waals surface area contributed by atoms with Gasteiger partial charge in [0, 0.05) is 5.02 Å². The number of rotatable bonds is 3. The van der Waals surface area contributed by atoms with Crippen LogP contribution in [0.4, 0.5) is 0 Å². The van der Waals surface area contributed by atoms with E-state index in [2.05, 4.69) is 19.1 Å². The molecule has 2 aromatic rings. The van der Waals surface area contributed by atoms with Crippen LogP contribution < -0.4 is 0 Å². The third kappa shape index (κ3) is 2.27. The predicted octanol–water partition coefficient (Wildman–Crippen LogP) is 4.35. The molecule has 1 aliphatic rings. The van der Waals surface area contributed by atoms with E-state index in [1.165, 1.54) is 5.56 Å². The first-order valence-corrected chi connectivity index (χ1v) is 6.39. The molecule has 3 atom stereocenters. The first-order valence-electron chi connectivity index (χ1n) is 6.01. The van der Waals surface area contributed by atoms with Crippen LogP contribution in [0.3, 0.4) is 0 Å². The summed E-state index contributed by atoms with van der Waals surface area (Å²) in [5.41, 5.74) is 2.40. The summed E-state index contributed by atoms with van der Waals surface area (Å²) in [6, 6.07) is 18.4. The molecule has 0 bridgehead atoms. The summed E-state index contributed by atoms with van der Waals surface area (Å²) in [6.07, 6.45) is 0.0532. The smallest absolute Gasteiger partial charge is 0.180 e. The van der Waals surface area contributed by atoms with Gasteiger partial charge in [-0.1, -0.05) is 54.1 Å². The average molecular weight is 260 g/mol. The Labute approximate surface area is 112 Å². The van der Waals surface area contributed by atoms with Gasteiger partial charge in [-0.05, 0) is 30.2 Å². The van der Waals surface area contributed by atoms with E-state index in [1.54, 1.807) is 0 Å². The molecule has 0 spiro atoms. The molecule has 1 unspecified atom stereocenters. The van der Waals surface area contributed by atoms with E-state index in [9.17, 15) is 0 Å². The molecule has 1 saturated heterocycles. The highest BCUT2D eigenvalue weighted by Gasteiger charge is 2.42. The minimum Gasteiger partial charge on any atom is -0.269 e. The molecule has 0 saturated carbocycles. The molecule has 18 heavy (non-hydrogen) atoms. The summed E-state index contributed by atoms with van der Waals surface area (Å²) in [7, 11) is 0. The molecule has 1 aliphatic heterocycles. The highest BCUT2D eigenvalue weighted by Crippen LogP contribution is 2.44. The van der Waals surface area contributed by atoms with Crippen molar-refractivity contribution in [1.29, 1.82) is 0 Å². The van der Waals surface area contributed by atoms with Crippen molar-refractivity contribution in [3.05, 3.63) is 70.7 Å². The molecule has 3 heteroatoms. The van der Waals surface area contributed by atoms with Crippen molar-refractivity contribution >= 4 is 11.6 Å². The van der Waals surface area contributed by atoms with Gasteiger partial charge in [0.15, 0.2) is 6.23 Å². The minimum absolute atomic E-state index is 0.0532. The van der Waals surface area contributed by atoms with Crippen molar-refractivity contribution < 1.29 is 4.84 Å². The zero-order chi connectivity index (χ0) is 12.5. The van der Waals surface area contributed by atoms with Crippen molar-refractivity contribution in [3.8, 4) is 0 Å². The van der Waals surface area contributed by atoms with Gasteiger partial charge >= 0.3 is 0 Å². The van der Waals surface area contributed by atoms with Gasteiger partial charge in [-0.3, -0.25) is 4.84 Å². The van der Waals surface area contributed by atoms with E-state index in [4.69, 9.17) is 16.4 Å². The summed E-state index contributed by atoms with van der Waals surface area (Å²) in [5, 5.41) is 2.75. The first kappa shape index (κ1) is 11.7. The van der Waals surface area contributed by atoms with Crippen LogP contribution >= 0.6 is 11.6 Å².